The maximum Gasteiger partial charge on any atom is 0.254 e. The van der Waals surface area contributed by atoms with Crippen LogP contribution in [0.4, 0.5) is 0 Å². The third-order valence-corrected chi connectivity index (χ3v) is 3.94. The summed E-state index contributed by atoms with van der Waals surface area (Å²) in [6.07, 6.45) is 6.35. The molecule has 0 saturated heterocycles. The molecule has 6 heteroatoms. The van der Waals surface area contributed by atoms with Gasteiger partial charge < -0.3 is 11.1 Å². The van der Waals surface area contributed by atoms with E-state index in [9.17, 15) is 4.79 Å². The Labute approximate surface area is 139 Å². The van der Waals surface area contributed by atoms with Crippen LogP contribution in [0.5, 0.6) is 0 Å². The van der Waals surface area contributed by atoms with Crippen LogP contribution >= 0.6 is 15.9 Å². The second-order valence-electron chi connectivity index (χ2n) is 5.20. The van der Waals surface area contributed by atoms with Crippen molar-refractivity contribution in [3.05, 3.63) is 46.7 Å². The van der Waals surface area contributed by atoms with Gasteiger partial charge in [-0.3, -0.25) is 4.79 Å². The average molecular weight is 365 g/mol. The largest absolute Gasteiger partial charge is 0.348 e. The molecule has 0 spiro atoms. The van der Waals surface area contributed by atoms with Gasteiger partial charge in [0, 0.05) is 23.3 Å². The first kappa shape index (κ1) is 16.7. The molecule has 1 amide bonds. The molecule has 0 aliphatic heterocycles. The number of halogens is 1. The fraction of sp³-hybridized carbons (Fsp3) is 0.375. The predicted molar refractivity (Wildman–Crippen MR) is 91.1 cm³/mol. The summed E-state index contributed by atoms with van der Waals surface area (Å²) in [6.45, 7) is 2.57. The molecule has 1 aromatic heterocycles. The van der Waals surface area contributed by atoms with Crippen LogP contribution in [0.25, 0.3) is 5.69 Å². The van der Waals surface area contributed by atoms with E-state index in [0.29, 0.717) is 12.1 Å². The van der Waals surface area contributed by atoms with Gasteiger partial charge in [-0.1, -0.05) is 41.8 Å². The zero-order chi connectivity index (χ0) is 15.9. The van der Waals surface area contributed by atoms with Crippen LogP contribution in [0.1, 0.15) is 36.5 Å². The van der Waals surface area contributed by atoms with Crippen LogP contribution in [-0.4, -0.2) is 28.3 Å². The third kappa shape index (κ3) is 4.42. The summed E-state index contributed by atoms with van der Waals surface area (Å²) in [5.74, 6) is -0.132. The lowest BCUT2D eigenvalue weighted by Crippen LogP contribution is -2.40. The zero-order valence-corrected chi connectivity index (χ0v) is 14.2. The first-order valence-electron chi connectivity index (χ1n) is 7.45. The Bertz CT molecular complexity index is 626. The van der Waals surface area contributed by atoms with Gasteiger partial charge in [0.2, 0.25) is 0 Å². The molecule has 22 heavy (non-hydrogen) atoms. The zero-order valence-electron chi connectivity index (χ0n) is 12.6. The second kappa shape index (κ2) is 8.10. The van der Waals surface area contributed by atoms with E-state index in [4.69, 9.17) is 5.73 Å². The van der Waals surface area contributed by atoms with Gasteiger partial charge in [0.05, 0.1) is 17.4 Å². The Morgan fingerprint density at radius 2 is 2.32 bits per heavy atom. The molecule has 1 heterocycles. The van der Waals surface area contributed by atoms with Crippen molar-refractivity contribution in [2.45, 2.75) is 32.2 Å². The predicted octanol–water partition coefficient (Wildman–Crippen LogP) is 2.88. The molecule has 1 aromatic carbocycles. The number of rotatable bonds is 7. The monoisotopic (exact) mass is 364 g/mol. The molecule has 5 nitrogen and oxygen atoms in total. The fourth-order valence-electron chi connectivity index (χ4n) is 2.17. The SMILES string of the molecule is CCCCC(CN)NC(=O)c1cnn(-c2cccc(Br)c2)c1. The lowest BCUT2D eigenvalue weighted by atomic mass is 10.1. The van der Waals surface area contributed by atoms with Crippen LogP contribution < -0.4 is 11.1 Å². The molecule has 1 unspecified atom stereocenters. The van der Waals surface area contributed by atoms with E-state index in [1.807, 2.05) is 24.3 Å². The highest BCUT2D eigenvalue weighted by atomic mass is 79.9. The molecule has 2 aromatic rings. The number of unbranched alkanes of at least 4 members (excludes halogenated alkanes) is 1. The van der Waals surface area contributed by atoms with Gasteiger partial charge in [-0.25, -0.2) is 4.68 Å². The third-order valence-electron chi connectivity index (χ3n) is 3.44. The van der Waals surface area contributed by atoms with E-state index in [2.05, 4.69) is 33.3 Å². The van der Waals surface area contributed by atoms with E-state index >= 15 is 0 Å². The molecular formula is C16H21BrN4O. The molecule has 0 bridgehead atoms. The van der Waals surface area contributed by atoms with Crippen molar-refractivity contribution in [1.29, 1.82) is 0 Å². The number of nitrogens with one attached hydrogen (secondary N) is 1. The number of nitrogens with two attached hydrogens (primary N) is 1. The Hall–Kier alpha value is -1.66. The van der Waals surface area contributed by atoms with Crippen molar-refractivity contribution >= 4 is 21.8 Å². The molecule has 0 fully saturated rings. The van der Waals surface area contributed by atoms with Gasteiger partial charge in [-0.2, -0.15) is 5.10 Å². The van der Waals surface area contributed by atoms with Crippen LogP contribution in [-0.2, 0) is 0 Å². The number of hydrogen-bond acceptors (Lipinski definition) is 3. The first-order valence-corrected chi connectivity index (χ1v) is 8.25. The van der Waals surface area contributed by atoms with E-state index < -0.39 is 0 Å². The quantitative estimate of drug-likeness (QED) is 0.793. The Kier molecular flexibility index (Phi) is 6.15. The van der Waals surface area contributed by atoms with Crippen LogP contribution in [0.2, 0.25) is 0 Å². The highest BCUT2D eigenvalue weighted by molar-refractivity contribution is 9.10. The number of hydrogen-bond donors (Lipinski definition) is 2. The number of nitrogens with zero attached hydrogens (tertiary/aromatic N) is 2. The maximum absolute atomic E-state index is 12.3. The van der Waals surface area contributed by atoms with E-state index in [1.165, 1.54) is 0 Å². The van der Waals surface area contributed by atoms with E-state index in [0.717, 1.165) is 29.4 Å². The molecule has 2 rings (SSSR count). The van der Waals surface area contributed by atoms with Gasteiger partial charge in [-0.05, 0) is 24.6 Å². The summed E-state index contributed by atoms with van der Waals surface area (Å²) in [4.78, 5) is 12.3. The number of benzene rings is 1. The molecule has 1 atom stereocenters. The fourth-order valence-corrected chi connectivity index (χ4v) is 2.56. The van der Waals surface area contributed by atoms with Crippen molar-refractivity contribution in [3.8, 4) is 5.69 Å². The maximum atomic E-state index is 12.3. The Morgan fingerprint density at radius 1 is 1.50 bits per heavy atom. The lowest BCUT2D eigenvalue weighted by molar-refractivity contribution is 0.0936. The minimum absolute atomic E-state index is 0.0154. The summed E-state index contributed by atoms with van der Waals surface area (Å²) in [5, 5.41) is 7.22. The summed E-state index contributed by atoms with van der Waals surface area (Å²) >= 11 is 3.43. The van der Waals surface area contributed by atoms with Gasteiger partial charge in [0.15, 0.2) is 0 Å². The van der Waals surface area contributed by atoms with Gasteiger partial charge >= 0.3 is 0 Å². The standard InChI is InChI=1S/C16H21BrN4O/c1-2-3-6-14(9-18)20-16(22)12-10-19-21(11-12)15-7-4-5-13(17)8-15/h4-5,7-8,10-11,14H,2-3,6,9,18H2,1H3,(H,20,22). The van der Waals surface area contributed by atoms with Crippen LogP contribution in [0.3, 0.4) is 0 Å². The molecule has 0 radical (unpaired) electrons. The number of carbonyl (C=O) groups excluding carboxylic acids is 1. The van der Waals surface area contributed by atoms with Gasteiger partial charge in [0.1, 0.15) is 0 Å². The van der Waals surface area contributed by atoms with Crippen LogP contribution in [0.15, 0.2) is 41.1 Å². The van der Waals surface area contributed by atoms with Crippen molar-refractivity contribution in [1.82, 2.24) is 15.1 Å². The second-order valence-corrected chi connectivity index (χ2v) is 6.12. The number of amides is 1. The first-order chi connectivity index (χ1) is 10.6. The van der Waals surface area contributed by atoms with Crippen molar-refractivity contribution in [2.75, 3.05) is 6.54 Å². The summed E-state index contributed by atoms with van der Waals surface area (Å²) in [6, 6.07) is 7.76. The highest BCUT2D eigenvalue weighted by Gasteiger charge is 2.14. The molecule has 118 valence electrons. The number of aromatic nitrogens is 2. The van der Waals surface area contributed by atoms with Crippen molar-refractivity contribution in [3.63, 3.8) is 0 Å². The normalized spacial score (nSPS) is 12.1. The van der Waals surface area contributed by atoms with E-state index in [1.54, 1.807) is 17.1 Å². The highest BCUT2D eigenvalue weighted by Crippen LogP contribution is 2.15. The summed E-state index contributed by atoms with van der Waals surface area (Å²) < 4.78 is 2.65. The van der Waals surface area contributed by atoms with E-state index in [-0.39, 0.29) is 11.9 Å². The molecule has 0 saturated carbocycles. The molecule has 0 aliphatic rings. The Balaban J connectivity index is 2.05. The summed E-state index contributed by atoms with van der Waals surface area (Å²) in [7, 11) is 0. The minimum atomic E-state index is -0.132. The molecule has 0 aliphatic carbocycles. The lowest BCUT2D eigenvalue weighted by Gasteiger charge is -2.15. The van der Waals surface area contributed by atoms with Crippen LogP contribution in [0, 0.1) is 0 Å². The molecule has 3 N–H and O–H groups in total. The number of carbonyl (C=O) groups is 1. The smallest absolute Gasteiger partial charge is 0.254 e. The summed E-state index contributed by atoms with van der Waals surface area (Å²) in [5.41, 5.74) is 7.15. The van der Waals surface area contributed by atoms with Crippen molar-refractivity contribution < 1.29 is 4.79 Å². The topological polar surface area (TPSA) is 72.9 Å². The molecular weight excluding hydrogens is 344 g/mol. The van der Waals surface area contributed by atoms with Gasteiger partial charge in [-0.15, -0.1) is 0 Å². The minimum Gasteiger partial charge on any atom is -0.348 e. The average Bonchev–Trinajstić information content (AvgIpc) is 3.01. The van der Waals surface area contributed by atoms with Gasteiger partial charge in [0.25, 0.3) is 5.91 Å². The van der Waals surface area contributed by atoms with Crippen molar-refractivity contribution in [2.24, 2.45) is 5.73 Å². The Morgan fingerprint density at radius 3 is 3.00 bits per heavy atom.